The molecular formula is C18H34O4. The Morgan fingerprint density at radius 3 is 1.32 bits per heavy atom. The Morgan fingerprint density at radius 2 is 0.909 bits per heavy atom. The van der Waals surface area contributed by atoms with Gasteiger partial charge >= 0.3 is 5.97 Å². The van der Waals surface area contributed by atoms with Crippen LogP contribution in [-0.4, -0.2) is 28.6 Å². The van der Waals surface area contributed by atoms with Gasteiger partial charge in [0, 0.05) is 25.9 Å². The van der Waals surface area contributed by atoms with Gasteiger partial charge in [-0.2, -0.15) is 0 Å². The van der Waals surface area contributed by atoms with E-state index in [2.05, 4.69) is 0 Å². The molecule has 0 unspecified atom stereocenters. The first-order chi connectivity index (χ1) is 10.7. The van der Waals surface area contributed by atoms with Gasteiger partial charge in [0.25, 0.3) is 0 Å². The van der Waals surface area contributed by atoms with E-state index in [0.717, 1.165) is 77.0 Å². The second kappa shape index (κ2) is 16.5. The topological polar surface area (TPSA) is 74.6 Å². The van der Waals surface area contributed by atoms with Crippen LogP contribution in [0.15, 0.2) is 0 Å². The van der Waals surface area contributed by atoms with Crippen molar-refractivity contribution in [2.24, 2.45) is 0 Å². The minimum absolute atomic E-state index is 0.276. The second-order valence-electron chi connectivity index (χ2n) is 6.15. The van der Waals surface area contributed by atoms with E-state index in [1.807, 2.05) is 0 Å². The van der Waals surface area contributed by atoms with Crippen LogP contribution in [-0.2, 0) is 9.59 Å². The van der Waals surface area contributed by atoms with Crippen LogP contribution in [0.3, 0.4) is 0 Å². The lowest BCUT2D eigenvalue weighted by molar-refractivity contribution is -0.137. The summed E-state index contributed by atoms with van der Waals surface area (Å²) < 4.78 is 0. The number of aliphatic carboxylic acids is 1. The van der Waals surface area contributed by atoms with Crippen LogP contribution in [0.5, 0.6) is 0 Å². The van der Waals surface area contributed by atoms with Crippen LogP contribution in [0.4, 0.5) is 0 Å². The summed E-state index contributed by atoms with van der Waals surface area (Å²) in [6.45, 7) is 0.290. The van der Waals surface area contributed by atoms with Gasteiger partial charge in [-0.15, -0.1) is 0 Å². The molecule has 0 aromatic rings. The molecule has 0 bridgehead atoms. The third kappa shape index (κ3) is 17.2. The second-order valence-corrected chi connectivity index (χ2v) is 6.15. The number of carbonyl (C=O) groups excluding carboxylic acids is 1. The summed E-state index contributed by atoms with van der Waals surface area (Å²) in [5.41, 5.74) is 0. The maximum Gasteiger partial charge on any atom is 0.303 e. The van der Waals surface area contributed by atoms with Crippen molar-refractivity contribution in [2.75, 3.05) is 6.61 Å². The van der Waals surface area contributed by atoms with Crippen molar-refractivity contribution in [1.29, 1.82) is 0 Å². The number of rotatable bonds is 17. The van der Waals surface area contributed by atoms with Gasteiger partial charge in [-0.05, 0) is 25.7 Å². The number of ketones is 1. The lowest BCUT2D eigenvalue weighted by Gasteiger charge is -2.03. The first-order valence-electron chi connectivity index (χ1n) is 9.01. The molecular weight excluding hydrogens is 280 g/mol. The smallest absolute Gasteiger partial charge is 0.303 e. The van der Waals surface area contributed by atoms with E-state index in [4.69, 9.17) is 10.2 Å². The van der Waals surface area contributed by atoms with Crippen molar-refractivity contribution in [2.45, 2.75) is 96.3 Å². The molecule has 0 aliphatic carbocycles. The Labute approximate surface area is 135 Å². The van der Waals surface area contributed by atoms with Crippen LogP contribution in [0, 0.1) is 0 Å². The summed E-state index contributed by atoms with van der Waals surface area (Å²) in [6.07, 6.45) is 14.2. The first-order valence-corrected chi connectivity index (χ1v) is 9.01. The molecule has 0 aliphatic heterocycles. The van der Waals surface area contributed by atoms with Crippen LogP contribution in [0.1, 0.15) is 96.3 Å². The number of carboxylic acid groups (broad SMARTS) is 1. The molecule has 4 heteroatoms. The maximum atomic E-state index is 11.7. The Kier molecular flexibility index (Phi) is 15.8. The molecule has 0 rings (SSSR count). The minimum atomic E-state index is -0.709. The fourth-order valence-electron chi connectivity index (χ4n) is 2.57. The highest BCUT2D eigenvalue weighted by Crippen LogP contribution is 2.12. The molecule has 0 aromatic carbocycles. The quantitative estimate of drug-likeness (QED) is 0.388. The minimum Gasteiger partial charge on any atom is -0.481 e. The Hall–Kier alpha value is -0.900. The summed E-state index contributed by atoms with van der Waals surface area (Å²) in [4.78, 5) is 22.0. The molecule has 0 saturated carbocycles. The number of hydrogen-bond acceptors (Lipinski definition) is 3. The average Bonchev–Trinajstić information content (AvgIpc) is 2.48. The molecule has 0 aromatic heterocycles. The normalized spacial score (nSPS) is 10.8. The highest BCUT2D eigenvalue weighted by atomic mass is 16.4. The predicted molar refractivity (Wildman–Crippen MR) is 89.0 cm³/mol. The van der Waals surface area contributed by atoms with Gasteiger partial charge < -0.3 is 10.2 Å². The highest BCUT2D eigenvalue weighted by molar-refractivity contribution is 5.78. The molecule has 0 spiro atoms. The average molecular weight is 314 g/mol. The van der Waals surface area contributed by atoms with E-state index in [1.54, 1.807) is 0 Å². The first kappa shape index (κ1) is 21.1. The molecule has 22 heavy (non-hydrogen) atoms. The molecule has 130 valence electrons. The largest absolute Gasteiger partial charge is 0.481 e. The van der Waals surface area contributed by atoms with Gasteiger partial charge in [-0.1, -0.05) is 51.4 Å². The third-order valence-corrected chi connectivity index (χ3v) is 3.96. The van der Waals surface area contributed by atoms with E-state index in [0.29, 0.717) is 12.2 Å². The lowest BCUT2D eigenvalue weighted by Crippen LogP contribution is -1.98. The van der Waals surface area contributed by atoms with Gasteiger partial charge in [0.15, 0.2) is 0 Å². The third-order valence-electron chi connectivity index (χ3n) is 3.96. The summed E-state index contributed by atoms with van der Waals surface area (Å²) in [7, 11) is 0. The molecule has 0 fully saturated rings. The number of aliphatic hydroxyl groups excluding tert-OH is 1. The molecule has 4 nitrogen and oxygen atoms in total. The lowest BCUT2D eigenvalue weighted by atomic mass is 10.0. The maximum absolute atomic E-state index is 11.7. The zero-order valence-corrected chi connectivity index (χ0v) is 14.0. The summed E-state index contributed by atoms with van der Waals surface area (Å²) >= 11 is 0. The summed E-state index contributed by atoms with van der Waals surface area (Å²) in [5.74, 6) is -0.319. The molecule has 2 N–H and O–H groups in total. The summed E-state index contributed by atoms with van der Waals surface area (Å²) in [5, 5.41) is 17.2. The summed E-state index contributed by atoms with van der Waals surface area (Å²) in [6, 6.07) is 0. The van der Waals surface area contributed by atoms with Gasteiger partial charge in [0.05, 0.1) is 0 Å². The fourth-order valence-corrected chi connectivity index (χ4v) is 2.57. The van der Waals surface area contributed by atoms with E-state index >= 15 is 0 Å². The Balaban J connectivity index is 3.17. The molecule has 0 atom stereocenters. The number of carboxylic acids is 1. The van der Waals surface area contributed by atoms with Gasteiger partial charge in [-0.25, -0.2) is 0 Å². The number of unbranched alkanes of at least 4 members (excludes halogenated alkanes) is 10. The predicted octanol–water partition coefficient (Wildman–Crippen LogP) is 4.48. The standard InChI is InChI=1S/C18H34O4/c19-16-12-8-4-3-6-10-14-17(20)13-9-5-1-2-7-11-15-18(21)22/h19H,1-16H2,(H,21,22). The van der Waals surface area contributed by atoms with Crippen molar-refractivity contribution in [3.8, 4) is 0 Å². The van der Waals surface area contributed by atoms with Crippen molar-refractivity contribution < 1.29 is 19.8 Å². The van der Waals surface area contributed by atoms with Gasteiger partial charge in [-0.3, -0.25) is 9.59 Å². The number of hydrogen-bond donors (Lipinski definition) is 2. The molecule has 0 aliphatic rings. The SMILES string of the molecule is O=C(O)CCCCCCCCC(=O)CCCCCCCCO. The van der Waals surface area contributed by atoms with Crippen LogP contribution in [0.25, 0.3) is 0 Å². The monoisotopic (exact) mass is 314 g/mol. The highest BCUT2D eigenvalue weighted by Gasteiger charge is 2.02. The number of Topliss-reactive ketones (excluding diaryl/α,β-unsaturated/α-hetero) is 1. The van der Waals surface area contributed by atoms with E-state index in [1.165, 1.54) is 6.42 Å². The van der Waals surface area contributed by atoms with Crippen molar-refractivity contribution in [3.63, 3.8) is 0 Å². The Bertz CT molecular complexity index is 276. The zero-order chi connectivity index (χ0) is 16.5. The number of carbonyl (C=O) groups is 2. The van der Waals surface area contributed by atoms with Crippen LogP contribution in [0.2, 0.25) is 0 Å². The zero-order valence-electron chi connectivity index (χ0n) is 14.0. The van der Waals surface area contributed by atoms with Crippen molar-refractivity contribution >= 4 is 11.8 Å². The Morgan fingerprint density at radius 1 is 0.545 bits per heavy atom. The van der Waals surface area contributed by atoms with Crippen molar-refractivity contribution in [1.82, 2.24) is 0 Å². The van der Waals surface area contributed by atoms with Crippen molar-refractivity contribution in [3.05, 3.63) is 0 Å². The van der Waals surface area contributed by atoms with Gasteiger partial charge in [0.1, 0.15) is 5.78 Å². The van der Waals surface area contributed by atoms with Gasteiger partial charge in [0.2, 0.25) is 0 Å². The van der Waals surface area contributed by atoms with E-state index in [-0.39, 0.29) is 13.0 Å². The molecule has 0 radical (unpaired) electrons. The molecule has 0 saturated heterocycles. The molecule has 0 heterocycles. The molecule has 0 amide bonds. The van der Waals surface area contributed by atoms with E-state index < -0.39 is 5.97 Å². The number of aliphatic hydroxyl groups is 1. The van der Waals surface area contributed by atoms with Crippen LogP contribution < -0.4 is 0 Å². The van der Waals surface area contributed by atoms with Crippen LogP contribution >= 0.6 is 0 Å². The fraction of sp³-hybridized carbons (Fsp3) is 0.889. The van der Waals surface area contributed by atoms with E-state index in [9.17, 15) is 9.59 Å².